The van der Waals surface area contributed by atoms with Gasteiger partial charge in [-0.3, -0.25) is 5.41 Å². The van der Waals surface area contributed by atoms with Crippen molar-refractivity contribution >= 4 is 11.7 Å². The van der Waals surface area contributed by atoms with E-state index >= 15 is 0 Å². The van der Waals surface area contributed by atoms with Crippen LogP contribution in [0.1, 0.15) is 56.4 Å². The predicted molar refractivity (Wildman–Crippen MR) is 87.1 cm³/mol. The summed E-state index contributed by atoms with van der Waals surface area (Å²) in [6.45, 7) is 5.45. The number of aromatic nitrogens is 1. The lowest BCUT2D eigenvalue weighted by Crippen LogP contribution is -2.36. The van der Waals surface area contributed by atoms with Gasteiger partial charge < -0.3 is 10.6 Å². The van der Waals surface area contributed by atoms with Crippen molar-refractivity contribution in [2.24, 2.45) is 11.7 Å². The molecular formula is C17H26N4. The van der Waals surface area contributed by atoms with Gasteiger partial charge in [0.1, 0.15) is 11.7 Å². The van der Waals surface area contributed by atoms with Crippen LogP contribution < -0.4 is 10.6 Å². The summed E-state index contributed by atoms with van der Waals surface area (Å²) in [7, 11) is 0. The molecule has 0 amide bonds. The highest BCUT2D eigenvalue weighted by Gasteiger charge is 2.28. The topological polar surface area (TPSA) is 66.0 Å². The number of nitrogen functional groups attached to an aromatic ring is 1. The van der Waals surface area contributed by atoms with Crippen LogP contribution in [0, 0.1) is 11.3 Å². The van der Waals surface area contributed by atoms with E-state index in [1.165, 1.54) is 36.9 Å². The summed E-state index contributed by atoms with van der Waals surface area (Å²) in [5, 5.41) is 7.94. The molecule has 1 saturated carbocycles. The van der Waals surface area contributed by atoms with E-state index in [4.69, 9.17) is 16.1 Å². The fraction of sp³-hybridized carbons (Fsp3) is 0.647. The Balaban J connectivity index is 2.02. The normalized spacial score (nSPS) is 17.7. The Hall–Kier alpha value is -1.58. The van der Waals surface area contributed by atoms with Crippen molar-refractivity contribution < 1.29 is 0 Å². The molecule has 3 rings (SSSR count). The van der Waals surface area contributed by atoms with Crippen LogP contribution in [0.4, 0.5) is 5.82 Å². The third kappa shape index (κ3) is 3.04. The van der Waals surface area contributed by atoms with Crippen LogP contribution in [-0.4, -0.2) is 23.4 Å². The van der Waals surface area contributed by atoms with Crippen LogP contribution in [-0.2, 0) is 12.8 Å². The first-order valence-corrected chi connectivity index (χ1v) is 8.20. The molecule has 2 aliphatic carbocycles. The van der Waals surface area contributed by atoms with Crippen LogP contribution in [0.25, 0.3) is 0 Å². The molecule has 0 spiro atoms. The molecule has 0 atom stereocenters. The summed E-state index contributed by atoms with van der Waals surface area (Å²) in [5.41, 5.74) is 9.19. The fourth-order valence-electron chi connectivity index (χ4n) is 3.16. The molecule has 3 N–H and O–H groups in total. The van der Waals surface area contributed by atoms with Crippen LogP contribution in [0.3, 0.4) is 0 Å². The Labute approximate surface area is 127 Å². The third-order valence-corrected chi connectivity index (χ3v) is 4.62. The average Bonchev–Trinajstić information content (AvgIpc) is 3.27. The van der Waals surface area contributed by atoms with E-state index in [0.717, 1.165) is 36.7 Å². The van der Waals surface area contributed by atoms with Gasteiger partial charge in [0.25, 0.3) is 0 Å². The minimum Gasteiger partial charge on any atom is -0.384 e. The Morgan fingerprint density at radius 3 is 2.71 bits per heavy atom. The predicted octanol–water partition coefficient (Wildman–Crippen LogP) is 2.87. The van der Waals surface area contributed by atoms with Gasteiger partial charge in [0.15, 0.2) is 0 Å². The third-order valence-electron chi connectivity index (χ3n) is 4.62. The standard InChI is InChI=1S/C17H26N4/c1-11(2)21(10-12-7-8-12)17-14(16(18)19)9-13-5-3-4-6-15(13)20-17/h9,11-12H,3-8,10H2,1-2H3,(H3,18,19). The number of nitrogens with two attached hydrogens (primary N) is 1. The molecular weight excluding hydrogens is 260 g/mol. The van der Waals surface area contributed by atoms with Crippen molar-refractivity contribution in [1.82, 2.24) is 4.98 Å². The lowest BCUT2D eigenvalue weighted by atomic mass is 9.94. The lowest BCUT2D eigenvalue weighted by Gasteiger charge is -2.31. The Bertz CT molecular complexity index is 546. The zero-order chi connectivity index (χ0) is 15.0. The largest absolute Gasteiger partial charge is 0.384 e. The van der Waals surface area contributed by atoms with Gasteiger partial charge >= 0.3 is 0 Å². The van der Waals surface area contributed by atoms with Gasteiger partial charge in [0.2, 0.25) is 0 Å². The van der Waals surface area contributed by atoms with Crippen LogP contribution in [0.2, 0.25) is 0 Å². The second-order valence-electron chi connectivity index (χ2n) is 6.78. The van der Waals surface area contributed by atoms with E-state index in [2.05, 4.69) is 24.8 Å². The molecule has 4 heteroatoms. The first-order valence-electron chi connectivity index (χ1n) is 8.20. The molecule has 4 nitrogen and oxygen atoms in total. The highest BCUT2D eigenvalue weighted by molar-refractivity contribution is 6.00. The van der Waals surface area contributed by atoms with Gasteiger partial charge in [0, 0.05) is 18.3 Å². The molecule has 0 radical (unpaired) electrons. The summed E-state index contributed by atoms with van der Waals surface area (Å²) >= 11 is 0. The second kappa shape index (κ2) is 5.66. The number of anilines is 1. The number of aryl methyl sites for hydroxylation is 2. The Morgan fingerprint density at radius 2 is 2.10 bits per heavy atom. The zero-order valence-corrected chi connectivity index (χ0v) is 13.2. The first kappa shape index (κ1) is 14.4. The summed E-state index contributed by atoms with van der Waals surface area (Å²) in [4.78, 5) is 7.29. The summed E-state index contributed by atoms with van der Waals surface area (Å²) in [6, 6.07) is 2.51. The number of amidine groups is 1. The van der Waals surface area contributed by atoms with E-state index in [0.29, 0.717) is 6.04 Å². The molecule has 21 heavy (non-hydrogen) atoms. The minimum absolute atomic E-state index is 0.146. The maximum atomic E-state index is 7.94. The number of fused-ring (bicyclic) bond motifs is 1. The van der Waals surface area contributed by atoms with Crippen molar-refractivity contribution in [2.45, 2.75) is 58.4 Å². The Morgan fingerprint density at radius 1 is 1.38 bits per heavy atom. The average molecular weight is 286 g/mol. The molecule has 0 bridgehead atoms. The highest BCUT2D eigenvalue weighted by Crippen LogP contribution is 2.34. The maximum absolute atomic E-state index is 7.94. The molecule has 1 heterocycles. The van der Waals surface area contributed by atoms with Gasteiger partial charge in [-0.1, -0.05) is 0 Å². The number of rotatable bonds is 5. The van der Waals surface area contributed by atoms with Crippen LogP contribution >= 0.6 is 0 Å². The van der Waals surface area contributed by atoms with E-state index in [-0.39, 0.29) is 5.84 Å². The Kier molecular flexibility index (Phi) is 3.87. The van der Waals surface area contributed by atoms with Crippen molar-refractivity contribution in [3.05, 3.63) is 22.9 Å². The van der Waals surface area contributed by atoms with Crippen molar-refractivity contribution in [3.63, 3.8) is 0 Å². The van der Waals surface area contributed by atoms with E-state index in [9.17, 15) is 0 Å². The summed E-state index contributed by atoms with van der Waals surface area (Å²) in [5.74, 6) is 1.88. The van der Waals surface area contributed by atoms with Gasteiger partial charge in [-0.15, -0.1) is 0 Å². The molecule has 1 aromatic heterocycles. The monoisotopic (exact) mass is 286 g/mol. The van der Waals surface area contributed by atoms with Crippen LogP contribution in [0.5, 0.6) is 0 Å². The zero-order valence-electron chi connectivity index (χ0n) is 13.2. The van der Waals surface area contributed by atoms with Gasteiger partial charge in [-0.2, -0.15) is 0 Å². The minimum atomic E-state index is 0.146. The van der Waals surface area contributed by atoms with E-state index < -0.39 is 0 Å². The van der Waals surface area contributed by atoms with Crippen molar-refractivity contribution in [2.75, 3.05) is 11.4 Å². The SMILES string of the molecule is CC(C)N(CC1CC1)c1nc2c(cc1C(=N)N)CCCC2. The fourth-order valence-corrected chi connectivity index (χ4v) is 3.16. The molecule has 2 aliphatic rings. The second-order valence-corrected chi connectivity index (χ2v) is 6.78. The summed E-state index contributed by atoms with van der Waals surface area (Å²) < 4.78 is 0. The highest BCUT2D eigenvalue weighted by atomic mass is 15.2. The lowest BCUT2D eigenvalue weighted by molar-refractivity contribution is 0.624. The molecule has 1 fully saturated rings. The van der Waals surface area contributed by atoms with Gasteiger partial charge in [-0.05, 0) is 69.9 Å². The van der Waals surface area contributed by atoms with E-state index in [1.807, 2.05) is 0 Å². The van der Waals surface area contributed by atoms with Crippen LogP contribution in [0.15, 0.2) is 6.07 Å². The van der Waals surface area contributed by atoms with Gasteiger partial charge in [0.05, 0.1) is 5.56 Å². The molecule has 0 aliphatic heterocycles. The van der Waals surface area contributed by atoms with Crippen molar-refractivity contribution in [3.8, 4) is 0 Å². The first-order chi connectivity index (χ1) is 10.1. The molecule has 114 valence electrons. The molecule has 0 saturated heterocycles. The number of hydrogen-bond donors (Lipinski definition) is 2. The number of pyridine rings is 1. The molecule has 1 aromatic rings. The molecule has 0 aromatic carbocycles. The molecule has 0 unspecified atom stereocenters. The number of hydrogen-bond acceptors (Lipinski definition) is 3. The van der Waals surface area contributed by atoms with Gasteiger partial charge in [-0.25, -0.2) is 4.98 Å². The van der Waals surface area contributed by atoms with Crippen molar-refractivity contribution in [1.29, 1.82) is 5.41 Å². The number of nitrogens with one attached hydrogen (secondary N) is 1. The quantitative estimate of drug-likeness (QED) is 0.646. The summed E-state index contributed by atoms with van der Waals surface area (Å²) in [6.07, 6.45) is 7.24. The smallest absolute Gasteiger partial charge is 0.140 e. The maximum Gasteiger partial charge on any atom is 0.140 e. The number of nitrogens with zero attached hydrogens (tertiary/aromatic N) is 2. The van der Waals surface area contributed by atoms with E-state index in [1.54, 1.807) is 0 Å².